The van der Waals surface area contributed by atoms with Crippen molar-refractivity contribution in [2.24, 2.45) is 5.92 Å². The fourth-order valence-electron chi connectivity index (χ4n) is 4.28. The molecule has 1 saturated heterocycles. The van der Waals surface area contributed by atoms with E-state index in [0.29, 0.717) is 17.7 Å². The number of likely N-dealkylation sites (tertiary alicyclic amines) is 1. The molecule has 1 aromatic heterocycles. The molecule has 0 radical (unpaired) electrons. The molecule has 35 heavy (non-hydrogen) atoms. The van der Waals surface area contributed by atoms with Gasteiger partial charge in [-0.2, -0.15) is 8.78 Å². The molecular formula is C27H33F2NO4S. The van der Waals surface area contributed by atoms with Gasteiger partial charge < -0.3 is 14.7 Å². The Hall–Kier alpha value is -2.58. The third-order valence-corrected chi connectivity index (χ3v) is 7.52. The highest BCUT2D eigenvalue weighted by Crippen LogP contribution is 2.34. The summed E-state index contributed by atoms with van der Waals surface area (Å²) in [5.41, 5.74) is 1.25. The summed E-state index contributed by atoms with van der Waals surface area (Å²) < 4.78 is 33.1. The summed E-state index contributed by atoms with van der Waals surface area (Å²) in [6.45, 7) is 2.12. The molecule has 0 spiro atoms. The molecule has 2 unspecified atom stereocenters. The van der Waals surface area contributed by atoms with Crippen LogP contribution >= 0.6 is 11.3 Å². The second-order valence-electron chi connectivity index (χ2n) is 9.07. The Morgan fingerprint density at radius 1 is 1.23 bits per heavy atom. The van der Waals surface area contributed by atoms with Crippen LogP contribution in [0.5, 0.6) is 0 Å². The lowest BCUT2D eigenvalue weighted by atomic mass is 9.95. The van der Waals surface area contributed by atoms with Gasteiger partial charge in [0, 0.05) is 17.8 Å². The molecule has 5 nitrogen and oxygen atoms in total. The van der Waals surface area contributed by atoms with Crippen LogP contribution in [-0.2, 0) is 22.4 Å². The first kappa shape index (κ1) is 27.0. The number of thiophene rings is 1. The molecule has 1 N–H and O–H groups in total. The second kappa shape index (κ2) is 12.4. The summed E-state index contributed by atoms with van der Waals surface area (Å²) >= 11 is 1.30. The summed E-state index contributed by atoms with van der Waals surface area (Å²) in [5, 5.41) is 10.5. The molecule has 1 amide bonds. The monoisotopic (exact) mass is 505 g/mol. The highest BCUT2D eigenvalue weighted by Gasteiger charge is 2.52. The number of ether oxygens (including phenoxy) is 1. The highest BCUT2D eigenvalue weighted by atomic mass is 32.1. The third kappa shape index (κ3) is 7.45. The molecule has 0 saturated carbocycles. The Labute approximate surface area is 209 Å². The van der Waals surface area contributed by atoms with E-state index >= 15 is 0 Å². The van der Waals surface area contributed by atoms with Gasteiger partial charge >= 0.3 is 11.9 Å². The number of aliphatic hydroxyl groups excluding tert-OH is 1. The first-order valence-electron chi connectivity index (χ1n) is 12.0. The summed E-state index contributed by atoms with van der Waals surface area (Å²) in [7, 11) is 1.32. The lowest BCUT2D eigenvalue weighted by Gasteiger charge is -2.22. The van der Waals surface area contributed by atoms with Crippen molar-refractivity contribution in [3.63, 3.8) is 0 Å². The van der Waals surface area contributed by atoms with E-state index in [9.17, 15) is 23.5 Å². The van der Waals surface area contributed by atoms with Crippen LogP contribution in [0, 0.1) is 5.92 Å². The van der Waals surface area contributed by atoms with Gasteiger partial charge in [0.1, 0.15) is 4.88 Å². The van der Waals surface area contributed by atoms with Gasteiger partial charge in [0.15, 0.2) is 0 Å². The van der Waals surface area contributed by atoms with Crippen molar-refractivity contribution in [2.75, 3.05) is 13.7 Å². The minimum atomic E-state index is -3.40. The molecule has 3 atom stereocenters. The summed E-state index contributed by atoms with van der Waals surface area (Å²) in [4.78, 5) is 26.5. The zero-order valence-electron chi connectivity index (χ0n) is 20.2. The lowest BCUT2D eigenvalue weighted by molar-refractivity contribution is -0.148. The molecule has 0 aliphatic carbocycles. The third-order valence-electron chi connectivity index (χ3n) is 6.39. The average molecular weight is 506 g/mol. The van der Waals surface area contributed by atoms with E-state index < -0.39 is 36.4 Å². The van der Waals surface area contributed by atoms with Crippen LogP contribution in [0.1, 0.15) is 52.7 Å². The van der Waals surface area contributed by atoms with E-state index in [-0.39, 0.29) is 12.5 Å². The van der Waals surface area contributed by atoms with E-state index in [1.165, 1.54) is 28.9 Å². The number of halogens is 2. The molecule has 3 rings (SSSR count). The fourth-order valence-corrected chi connectivity index (χ4v) is 5.25. The molecule has 1 fully saturated rings. The Bertz CT molecular complexity index is 1010. The first-order chi connectivity index (χ1) is 16.7. The lowest BCUT2D eigenvalue weighted by Crippen LogP contribution is -2.36. The van der Waals surface area contributed by atoms with Crippen LogP contribution < -0.4 is 0 Å². The van der Waals surface area contributed by atoms with Gasteiger partial charge in [0.25, 0.3) is 5.91 Å². The first-order valence-corrected chi connectivity index (χ1v) is 12.8. The smallest absolute Gasteiger partial charge is 0.348 e. The van der Waals surface area contributed by atoms with Gasteiger partial charge in [-0.25, -0.2) is 4.79 Å². The zero-order valence-corrected chi connectivity index (χ0v) is 21.0. The van der Waals surface area contributed by atoms with Crippen LogP contribution in [0.25, 0.3) is 0 Å². The number of methoxy groups -OCH3 is 1. The van der Waals surface area contributed by atoms with E-state index in [1.807, 2.05) is 31.2 Å². The minimum Gasteiger partial charge on any atom is -0.465 e. The quantitative estimate of drug-likeness (QED) is 0.315. The van der Waals surface area contributed by atoms with Crippen LogP contribution in [0.2, 0.25) is 0 Å². The van der Waals surface area contributed by atoms with Gasteiger partial charge in [-0.15, -0.1) is 11.3 Å². The Morgan fingerprint density at radius 2 is 1.97 bits per heavy atom. The molecule has 8 heteroatoms. The minimum absolute atomic E-state index is 0.0242. The maximum absolute atomic E-state index is 14.2. The number of aliphatic hydroxyl groups is 1. The van der Waals surface area contributed by atoms with E-state index in [2.05, 4.69) is 12.1 Å². The van der Waals surface area contributed by atoms with Crippen molar-refractivity contribution in [2.45, 2.75) is 63.5 Å². The number of nitrogens with zero attached hydrogens (tertiary/aromatic N) is 1. The molecule has 0 bridgehead atoms. The van der Waals surface area contributed by atoms with E-state index in [4.69, 9.17) is 4.74 Å². The number of esters is 1. The van der Waals surface area contributed by atoms with Crippen molar-refractivity contribution in [3.05, 3.63) is 69.9 Å². The predicted octanol–water partition coefficient (Wildman–Crippen LogP) is 5.28. The molecule has 1 aliphatic heterocycles. The Kier molecular flexibility index (Phi) is 9.57. The SMILES string of the molecule is COC(=O)c1ccc(CCCN2C(=O)C(F)(F)CC2/C=C/[C@@H](O)C(C)CCCc2ccccc2)s1. The normalized spacial score (nSPS) is 19.3. The van der Waals surface area contributed by atoms with Crippen LogP contribution in [0.3, 0.4) is 0 Å². The van der Waals surface area contributed by atoms with Crippen molar-refractivity contribution in [1.29, 1.82) is 0 Å². The number of alkyl halides is 2. The van der Waals surface area contributed by atoms with Gasteiger partial charge in [-0.05, 0) is 55.7 Å². The Morgan fingerprint density at radius 3 is 2.69 bits per heavy atom. The summed E-state index contributed by atoms with van der Waals surface area (Å²) in [6.07, 6.45) is 5.47. The number of benzene rings is 1. The number of hydrogen-bond acceptors (Lipinski definition) is 5. The highest BCUT2D eigenvalue weighted by molar-refractivity contribution is 7.13. The van der Waals surface area contributed by atoms with Crippen LogP contribution in [0.15, 0.2) is 54.6 Å². The van der Waals surface area contributed by atoms with Gasteiger partial charge in [0.2, 0.25) is 0 Å². The molecule has 190 valence electrons. The van der Waals surface area contributed by atoms with Crippen molar-refractivity contribution < 1.29 is 28.2 Å². The molecule has 2 aromatic rings. The van der Waals surface area contributed by atoms with Crippen LogP contribution in [0.4, 0.5) is 8.78 Å². The molecule has 1 aromatic carbocycles. The standard InChI is InChI=1S/C27H33F2NO4S/c1-19(8-6-11-20-9-4-3-5-10-20)23(31)15-13-21-18-27(28,29)26(33)30(21)17-7-12-22-14-16-24(35-22)25(32)34-2/h3-5,9-10,13-16,19,21,23,31H,6-8,11-12,17-18H2,1-2H3/b15-13+/t19?,21?,23-/m1/s1. The van der Waals surface area contributed by atoms with Crippen LogP contribution in [-0.4, -0.2) is 53.6 Å². The number of amides is 1. The molecular weight excluding hydrogens is 472 g/mol. The fraction of sp³-hybridized carbons (Fsp3) is 0.481. The number of hydrogen-bond donors (Lipinski definition) is 1. The maximum atomic E-state index is 14.2. The van der Waals surface area contributed by atoms with Gasteiger partial charge in [0.05, 0.1) is 19.3 Å². The zero-order chi connectivity index (χ0) is 25.4. The number of carbonyl (C=O) groups excluding carboxylic acids is 2. The van der Waals surface area contributed by atoms with E-state index in [1.54, 1.807) is 18.2 Å². The predicted molar refractivity (Wildman–Crippen MR) is 133 cm³/mol. The second-order valence-corrected chi connectivity index (χ2v) is 10.2. The average Bonchev–Trinajstić information content (AvgIpc) is 3.40. The van der Waals surface area contributed by atoms with E-state index in [0.717, 1.165) is 24.1 Å². The summed E-state index contributed by atoms with van der Waals surface area (Å²) in [5.74, 6) is -5.00. The maximum Gasteiger partial charge on any atom is 0.348 e. The molecule has 1 aliphatic rings. The largest absolute Gasteiger partial charge is 0.465 e. The number of carbonyl (C=O) groups is 2. The van der Waals surface area contributed by atoms with Crippen molar-refractivity contribution >= 4 is 23.2 Å². The number of aryl methyl sites for hydroxylation is 2. The number of rotatable bonds is 12. The summed E-state index contributed by atoms with van der Waals surface area (Å²) in [6, 6.07) is 12.9. The van der Waals surface area contributed by atoms with Gasteiger partial charge in [-0.1, -0.05) is 49.4 Å². The van der Waals surface area contributed by atoms with Gasteiger partial charge in [-0.3, -0.25) is 4.79 Å². The topological polar surface area (TPSA) is 66.8 Å². The Balaban J connectivity index is 1.51. The van der Waals surface area contributed by atoms with Crippen molar-refractivity contribution in [1.82, 2.24) is 4.90 Å². The van der Waals surface area contributed by atoms with Crippen molar-refractivity contribution in [3.8, 4) is 0 Å². The molecule has 2 heterocycles.